The number of rotatable bonds is 2. The average Bonchev–Trinajstić information content (AvgIpc) is 2.79. The normalized spacial score (nSPS) is 13.8. The second kappa shape index (κ2) is 5.58. The van der Waals surface area contributed by atoms with Gasteiger partial charge < -0.3 is 20.3 Å². The van der Waals surface area contributed by atoms with Gasteiger partial charge in [-0.2, -0.15) is 0 Å². The predicted molar refractivity (Wildman–Crippen MR) is 87.0 cm³/mol. The maximum Gasteiger partial charge on any atom is 0.407 e. The second-order valence-corrected chi connectivity index (χ2v) is 5.76. The van der Waals surface area contributed by atoms with E-state index < -0.39 is 6.09 Å². The first-order chi connectivity index (χ1) is 10.5. The summed E-state index contributed by atoms with van der Waals surface area (Å²) < 4.78 is 1.98. The molecule has 0 saturated heterocycles. The van der Waals surface area contributed by atoms with Crippen LogP contribution < -0.4 is 5.73 Å². The van der Waals surface area contributed by atoms with E-state index in [1.165, 1.54) is 4.90 Å². The first-order valence-corrected chi connectivity index (χ1v) is 7.38. The Balaban J connectivity index is 2.20. The summed E-state index contributed by atoms with van der Waals surface area (Å²) >= 11 is 11.6. The van der Waals surface area contributed by atoms with Crippen molar-refractivity contribution in [2.24, 2.45) is 5.73 Å². The molecule has 3 N–H and O–H groups in total. The van der Waals surface area contributed by atoms with Gasteiger partial charge in [-0.25, -0.2) is 4.79 Å². The van der Waals surface area contributed by atoms with Gasteiger partial charge in [-0.15, -0.1) is 0 Å². The highest BCUT2D eigenvalue weighted by Crippen LogP contribution is 2.37. The van der Waals surface area contributed by atoms with Gasteiger partial charge in [0.05, 0.1) is 22.8 Å². The molecule has 2 aromatic heterocycles. The number of pyridine rings is 1. The van der Waals surface area contributed by atoms with E-state index in [0.29, 0.717) is 23.7 Å². The van der Waals surface area contributed by atoms with Crippen LogP contribution in [-0.4, -0.2) is 37.2 Å². The summed E-state index contributed by atoms with van der Waals surface area (Å²) in [5.41, 5.74) is 8.70. The van der Waals surface area contributed by atoms with Crippen molar-refractivity contribution in [3.8, 4) is 11.3 Å². The van der Waals surface area contributed by atoms with Gasteiger partial charge in [0.2, 0.25) is 0 Å². The fraction of sp³-hybridized carbons (Fsp3) is 0.214. The minimum absolute atomic E-state index is 0.163. The lowest BCUT2D eigenvalue weighted by Crippen LogP contribution is -2.38. The summed E-state index contributed by atoms with van der Waals surface area (Å²) in [5.74, 6) is 0. The van der Waals surface area contributed by atoms with Crippen molar-refractivity contribution in [1.82, 2.24) is 14.5 Å². The summed E-state index contributed by atoms with van der Waals surface area (Å²) in [6.07, 6.45) is 2.42. The highest BCUT2D eigenvalue weighted by molar-refractivity contribution is 7.80. The Morgan fingerprint density at radius 1 is 1.45 bits per heavy atom. The van der Waals surface area contributed by atoms with Crippen LogP contribution in [0.1, 0.15) is 11.3 Å². The van der Waals surface area contributed by atoms with Crippen molar-refractivity contribution in [2.75, 3.05) is 6.54 Å². The Kier molecular flexibility index (Phi) is 3.76. The van der Waals surface area contributed by atoms with Crippen molar-refractivity contribution >= 4 is 34.9 Å². The number of hydrogen-bond acceptors (Lipinski definition) is 3. The molecule has 3 rings (SSSR count). The molecule has 0 unspecified atom stereocenters. The van der Waals surface area contributed by atoms with Gasteiger partial charge in [-0.1, -0.05) is 23.8 Å². The third-order valence-electron chi connectivity index (χ3n) is 3.70. The Hall–Kier alpha value is -2.12. The van der Waals surface area contributed by atoms with Crippen LogP contribution in [0.5, 0.6) is 0 Å². The third-order valence-corrected chi connectivity index (χ3v) is 4.27. The SMILES string of the molecule is NC(=S)c1c(Cl)c(-c2cccnc2)n2c1CN(C(=O)O)CC2. The Labute approximate surface area is 137 Å². The van der Waals surface area contributed by atoms with Crippen LogP contribution in [0.2, 0.25) is 5.02 Å². The van der Waals surface area contributed by atoms with Gasteiger partial charge in [0.25, 0.3) is 0 Å². The van der Waals surface area contributed by atoms with E-state index >= 15 is 0 Å². The Bertz CT molecular complexity index is 760. The van der Waals surface area contributed by atoms with Gasteiger partial charge in [-0.05, 0) is 12.1 Å². The van der Waals surface area contributed by atoms with Crippen LogP contribution in [0.4, 0.5) is 4.79 Å². The lowest BCUT2D eigenvalue weighted by Gasteiger charge is -2.28. The molecule has 1 aliphatic rings. The fourth-order valence-corrected chi connectivity index (χ4v) is 3.42. The van der Waals surface area contributed by atoms with E-state index in [1.807, 2.05) is 16.7 Å². The van der Waals surface area contributed by atoms with E-state index in [4.69, 9.17) is 29.6 Å². The number of amides is 1. The van der Waals surface area contributed by atoms with Crippen LogP contribution in [-0.2, 0) is 13.1 Å². The summed E-state index contributed by atoms with van der Waals surface area (Å²) in [7, 11) is 0. The summed E-state index contributed by atoms with van der Waals surface area (Å²) in [6.45, 7) is 1.09. The monoisotopic (exact) mass is 336 g/mol. The zero-order valence-corrected chi connectivity index (χ0v) is 13.1. The third kappa shape index (κ3) is 2.32. The van der Waals surface area contributed by atoms with Gasteiger partial charge in [0, 0.05) is 36.7 Å². The molecule has 0 saturated carbocycles. The van der Waals surface area contributed by atoms with Crippen molar-refractivity contribution < 1.29 is 9.90 Å². The minimum Gasteiger partial charge on any atom is -0.465 e. The lowest BCUT2D eigenvalue weighted by atomic mass is 10.2. The Morgan fingerprint density at radius 2 is 2.23 bits per heavy atom. The van der Waals surface area contributed by atoms with Crippen molar-refractivity contribution in [3.63, 3.8) is 0 Å². The lowest BCUT2D eigenvalue weighted by molar-refractivity contribution is 0.133. The molecule has 3 heterocycles. The van der Waals surface area contributed by atoms with E-state index in [1.54, 1.807) is 12.4 Å². The average molecular weight is 337 g/mol. The molecule has 0 aromatic carbocycles. The highest BCUT2D eigenvalue weighted by Gasteiger charge is 2.30. The molecular weight excluding hydrogens is 324 g/mol. The maximum atomic E-state index is 11.2. The van der Waals surface area contributed by atoms with Gasteiger partial charge in [0.15, 0.2) is 0 Å². The molecule has 22 heavy (non-hydrogen) atoms. The number of carboxylic acid groups (broad SMARTS) is 1. The smallest absolute Gasteiger partial charge is 0.407 e. The van der Waals surface area contributed by atoms with E-state index in [9.17, 15) is 9.90 Å². The number of halogens is 1. The van der Waals surface area contributed by atoms with E-state index in [2.05, 4.69) is 4.98 Å². The molecule has 0 aliphatic carbocycles. The van der Waals surface area contributed by atoms with Crippen LogP contribution in [0.25, 0.3) is 11.3 Å². The van der Waals surface area contributed by atoms with Crippen molar-refractivity contribution in [3.05, 3.63) is 40.8 Å². The molecular formula is C14H13ClN4O2S. The van der Waals surface area contributed by atoms with Gasteiger partial charge in [-0.3, -0.25) is 4.98 Å². The van der Waals surface area contributed by atoms with Crippen molar-refractivity contribution in [2.45, 2.75) is 13.1 Å². The minimum atomic E-state index is -0.972. The zero-order valence-electron chi connectivity index (χ0n) is 11.5. The number of aromatic nitrogens is 2. The van der Waals surface area contributed by atoms with Crippen molar-refractivity contribution in [1.29, 1.82) is 0 Å². The van der Waals surface area contributed by atoms with Crippen LogP contribution >= 0.6 is 23.8 Å². The maximum absolute atomic E-state index is 11.2. The summed E-state index contributed by atoms with van der Waals surface area (Å²) in [5, 5.41) is 9.64. The summed E-state index contributed by atoms with van der Waals surface area (Å²) in [6, 6.07) is 3.72. The van der Waals surface area contributed by atoms with Crippen LogP contribution in [0, 0.1) is 0 Å². The standard InChI is InChI=1S/C14H13ClN4O2S/c15-11-10(13(16)22)9-7-18(14(20)21)4-5-19(9)12(11)8-2-1-3-17-6-8/h1-3,6H,4-5,7H2,(H2,16,22)(H,20,21). The molecule has 0 bridgehead atoms. The van der Waals surface area contributed by atoms with Crippen LogP contribution in [0.3, 0.4) is 0 Å². The van der Waals surface area contributed by atoms with E-state index in [0.717, 1.165) is 17.0 Å². The predicted octanol–water partition coefficient (Wildman–Crippen LogP) is 2.33. The van der Waals surface area contributed by atoms with Gasteiger partial charge in [0.1, 0.15) is 4.99 Å². The van der Waals surface area contributed by atoms with Gasteiger partial charge >= 0.3 is 6.09 Å². The largest absolute Gasteiger partial charge is 0.465 e. The zero-order chi connectivity index (χ0) is 15.9. The Morgan fingerprint density at radius 3 is 2.82 bits per heavy atom. The number of nitrogens with zero attached hydrogens (tertiary/aromatic N) is 3. The highest BCUT2D eigenvalue weighted by atomic mass is 35.5. The topological polar surface area (TPSA) is 84.4 Å². The van der Waals surface area contributed by atoms with E-state index in [-0.39, 0.29) is 11.5 Å². The quantitative estimate of drug-likeness (QED) is 0.822. The number of hydrogen-bond donors (Lipinski definition) is 2. The first-order valence-electron chi connectivity index (χ1n) is 6.59. The molecule has 0 spiro atoms. The number of carbonyl (C=O) groups is 1. The molecule has 2 aromatic rings. The first kappa shape index (κ1) is 14.8. The van der Waals surface area contributed by atoms with Crippen LogP contribution in [0.15, 0.2) is 24.5 Å². The molecule has 1 aliphatic heterocycles. The number of fused-ring (bicyclic) bond motifs is 1. The molecule has 6 nitrogen and oxygen atoms in total. The fourth-order valence-electron chi connectivity index (χ4n) is 2.72. The summed E-state index contributed by atoms with van der Waals surface area (Å²) in [4.78, 5) is 16.8. The molecule has 114 valence electrons. The molecule has 8 heteroatoms. The number of nitrogens with two attached hydrogens (primary N) is 1. The number of thiocarbonyl (C=S) groups is 1. The second-order valence-electron chi connectivity index (χ2n) is 4.95. The molecule has 0 atom stereocenters. The molecule has 0 radical (unpaired) electrons. The molecule has 0 fully saturated rings. The molecule has 1 amide bonds.